The number of hydrogen-bond acceptors (Lipinski definition) is 4. The van der Waals surface area contributed by atoms with Crippen molar-refractivity contribution in [2.75, 3.05) is 20.6 Å². The van der Waals surface area contributed by atoms with Gasteiger partial charge in [-0.3, -0.25) is 14.4 Å². The van der Waals surface area contributed by atoms with Crippen LogP contribution >= 0.6 is 0 Å². The molecule has 0 radical (unpaired) electrons. The van der Waals surface area contributed by atoms with E-state index in [4.69, 9.17) is 5.73 Å². The molecule has 7 nitrogen and oxygen atoms in total. The Hall–Kier alpha value is -4.75. The zero-order valence-corrected chi connectivity index (χ0v) is 27.4. The predicted molar refractivity (Wildman–Crippen MR) is 186 cm³/mol. The molecule has 0 bridgehead atoms. The van der Waals surface area contributed by atoms with Crippen molar-refractivity contribution in [3.8, 4) is 0 Å². The van der Waals surface area contributed by atoms with Crippen molar-refractivity contribution in [1.29, 1.82) is 0 Å². The maximum absolute atomic E-state index is 14.4. The first-order valence-corrected chi connectivity index (χ1v) is 15.8. The van der Waals surface area contributed by atoms with Gasteiger partial charge in [-0.15, -0.1) is 0 Å². The Labute approximate surface area is 273 Å². The zero-order chi connectivity index (χ0) is 33.1. The van der Waals surface area contributed by atoms with Gasteiger partial charge in [0.25, 0.3) is 0 Å². The van der Waals surface area contributed by atoms with E-state index in [-0.39, 0.29) is 17.7 Å². The molecule has 240 valence electrons. The summed E-state index contributed by atoms with van der Waals surface area (Å²) in [4.78, 5) is 44.6. The fourth-order valence-electron chi connectivity index (χ4n) is 5.44. The van der Waals surface area contributed by atoms with Crippen molar-refractivity contribution in [2.45, 2.75) is 57.2 Å². The molecule has 46 heavy (non-hydrogen) atoms. The number of amides is 3. The standard InChI is InChI=1S/C39H46N4O3/c1-39(2,40)24-13-20-36(44)42(3)35(28-31-21-22-32-18-11-12-19-33(32)26-31)38(46)43(4)34(27-30-16-9-6-10-17-30)37(45)41-25-23-29-14-7-5-8-15-29/h5-22,26,34-35H,23-25,27-28,40H2,1-4H3,(H,41,45)/b20-13+/t34-,35-/m1/s1. The lowest BCUT2D eigenvalue weighted by Gasteiger charge is -2.34. The zero-order valence-electron chi connectivity index (χ0n) is 27.4. The largest absolute Gasteiger partial charge is 0.354 e. The Bertz CT molecular complexity index is 1630. The smallest absolute Gasteiger partial charge is 0.246 e. The first-order valence-electron chi connectivity index (χ1n) is 15.8. The molecule has 0 unspecified atom stereocenters. The summed E-state index contributed by atoms with van der Waals surface area (Å²) in [5, 5.41) is 5.20. The van der Waals surface area contributed by atoms with Gasteiger partial charge in [0.2, 0.25) is 17.7 Å². The van der Waals surface area contributed by atoms with Crippen LogP contribution in [0, 0.1) is 0 Å². The maximum atomic E-state index is 14.4. The molecule has 2 atom stereocenters. The second-order valence-electron chi connectivity index (χ2n) is 12.6. The minimum absolute atomic E-state index is 0.237. The lowest BCUT2D eigenvalue weighted by atomic mass is 9.98. The van der Waals surface area contributed by atoms with Gasteiger partial charge in [0.05, 0.1) is 0 Å². The molecular formula is C39H46N4O3. The maximum Gasteiger partial charge on any atom is 0.246 e. The van der Waals surface area contributed by atoms with E-state index < -0.39 is 17.6 Å². The van der Waals surface area contributed by atoms with E-state index in [1.54, 1.807) is 20.2 Å². The van der Waals surface area contributed by atoms with Crippen molar-refractivity contribution in [3.63, 3.8) is 0 Å². The second kappa shape index (κ2) is 16.0. The highest BCUT2D eigenvalue weighted by molar-refractivity contribution is 5.95. The Morgan fingerprint density at radius 3 is 1.98 bits per heavy atom. The van der Waals surface area contributed by atoms with E-state index in [1.165, 1.54) is 15.9 Å². The number of nitrogens with two attached hydrogens (primary N) is 1. The van der Waals surface area contributed by atoms with Gasteiger partial charge in [0, 0.05) is 39.0 Å². The van der Waals surface area contributed by atoms with E-state index in [1.807, 2.05) is 111 Å². The summed E-state index contributed by atoms with van der Waals surface area (Å²) in [5.74, 6) is -0.849. The van der Waals surface area contributed by atoms with Crippen LogP contribution in [0.25, 0.3) is 10.8 Å². The molecule has 4 aromatic rings. The highest BCUT2D eigenvalue weighted by atomic mass is 16.2. The van der Waals surface area contributed by atoms with E-state index in [0.29, 0.717) is 32.2 Å². The van der Waals surface area contributed by atoms with Crippen LogP contribution < -0.4 is 11.1 Å². The van der Waals surface area contributed by atoms with Gasteiger partial charge < -0.3 is 20.9 Å². The van der Waals surface area contributed by atoms with Gasteiger partial charge in [-0.1, -0.05) is 109 Å². The quantitative estimate of drug-likeness (QED) is 0.187. The second-order valence-corrected chi connectivity index (χ2v) is 12.6. The highest BCUT2D eigenvalue weighted by Crippen LogP contribution is 2.20. The summed E-state index contributed by atoms with van der Waals surface area (Å²) in [6.45, 7) is 4.23. The van der Waals surface area contributed by atoms with Crippen LogP contribution in [0.15, 0.2) is 115 Å². The number of hydrogen-bond donors (Lipinski definition) is 2. The van der Waals surface area contributed by atoms with Crippen LogP contribution in [-0.2, 0) is 33.6 Å². The van der Waals surface area contributed by atoms with E-state index >= 15 is 0 Å². The molecular weight excluding hydrogens is 572 g/mol. The number of nitrogens with zero attached hydrogens (tertiary/aromatic N) is 2. The monoisotopic (exact) mass is 618 g/mol. The first kappa shape index (κ1) is 34.1. The number of fused-ring (bicyclic) bond motifs is 1. The number of rotatable bonds is 14. The number of carbonyl (C=O) groups excluding carboxylic acids is 3. The van der Waals surface area contributed by atoms with Crippen LogP contribution in [0.4, 0.5) is 0 Å². The van der Waals surface area contributed by atoms with E-state index in [2.05, 4.69) is 11.4 Å². The van der Waals surface area contributed by atoms with Crippen LogP contribution in [-0.4, -0.2) is 65.8 Å². The van der Waals surface area contributed by atoms with Gasteiger partial charge in [-0.2, -0.15) is 0 Å². The number of likely N-dealkylation sites (N-methyl/N-ethyl adjacent to an activating group) is 2. The third-order valence-electron chi connectivity index (χ3n) is 8.19. The molecule has 4 rings (SSSR count). The Morgan fingerprint density at radius 2 is 1.33 bits per heavy atom. The predicted octanol–water partition coefficient (Wildman–Crippen LogP) is 5.32. The van der Waals surface area contributed by atoms with Crippen molar-refractivity contribution in [3.05, 3.63) is 132 Å². The van der Waals surface area contributed by atoms with Crippen molar-refractivity contribution in [2.24, 2.45) is 5.73 Å². The minimum atomic E-state index is -0.843. The Kier molecular flexibility index (Phi) is 11.9. The van der Waals surface area contributed by atoms with Crippen molar-refractivity contribution >= 4 is 28.5 Å². The molecule has 4 aromatic carbocycles. The van der Waals surface area contributed by atoms with Crippen LogP contribution in [0.2, 0.25) is 0 Å². The number of benzene rings is 4. The molecule has 3 N–H and O–H groups in total. The third kappa shape index (κ3) is 9.88. The fourth-order valence-corrected chi connectivity index (χ4v) is 5.44. The SMILES string of the molecule is CN(C(=O)/C=C/CC(C)(C)N)[C@H](Cc1ccc2ccccc2c1)C(=O)N(C)[C@H](Cc1ccccc1)C(=O)NCCc1ccccc1. The Balaban J connectivity index is 1.61. The molecule has 0 aliphatic carbocycles. The number of nitrogens with one attached hydrogen (secondary N) is 1. The molecule has 0 heterocycles. The molecule has 0 spiro atoms. The van der Waals surface area contributed by atoms with Gasteiger partial charge in [-0.05, 0) is 60.2 Å². The van der Waals surface area contributed by atoms with Crippen LogP contribution in [0.1, 0.15) is 37.0 Å². The summed E-state index contributed by atoms with van der Waals surface area (Å²) < 4.78 is 0. The molecule has 0 saturated carbocycles. The van der Waals surface area contributed by atoms with Gasteiger partial charge in [0.15, 0.2) is 0 Å². The minimum Gasteiger partial charge on any atom is -0.354 e. The number of carbonyl (C=O) groups is 3. The average Bonchev–Trinajstić information content (AvgIpc) is 3.05. The molecule has 0 saturated heterocycles. The molecule has 3 amide bonds. The van der Waals surface area contributed by atoms with Crippen molar-refractivity contribution in [1.82, 2.24) is 15.1 Å². The van der Waals surface area contributed by atoms with Crippen LogP contribution in [0.3, 0.4) is 0 Å². The summed E-state index contributed by atoms with van der Waals surface area (Å²) in [5.41, 5.74) is 8.62. The summed E-state index contributed by atoms with van der Waals surface area (Å²) in [7, 11) is 3.30. The lowest BCUT2D eigenvalue weighted by molar-refractivity contribution is -0.146. The molecule has 0 fully saturated rings. The topological polar surface area (TPSA) is 95.7 Å². The third-order valence-corrected chi connectivity index (χ3v) is 8.19. The van der Waals surface area contributed by atoms with Gasteiger partial charge in [0.1, 0.15) is 12.1 Å². The summed E-state index contributed by atoms with van der Waals surface area (Å²) >= 11 is 0. The summed E-state index contributed by atoms with van der Waals surface area (Å²) in [6, 6.07) is 32.1. The van der Waals surface area contributed by atoms with Crippen molar-refractivity contribution < 1.29 is 14.4 Å². The van der Waals surface area contributed by atoms with E-state index in [0.717, 1.165) is 27.5 Å². The Morgan fingerprint density at radius 1 is 0.739 bits per heavy atom. The van der Waals surface area contributed by atoms with Gasteiger partial charge in [-0.25, -0.2) is 0 Å². The molecule has 0 aliphatic heterocycles. The fraction of sp³-hybridized carbons (Fsp3) is 0.308. The normalized spacial score (nSPS) is 12.9. The van der Waals surface area contributed by atoms with Crippen LogP contribution in [0.5, 0.6) is 0 Å². The van der Waals surface area contributed by atoms with E-state index in [9.17, 15) is 14.4 Å². The highest BCUT2D eigenvalue weighted by Gasteiger charge is 2.34. The average molecular weight is 619 g/mol. The molecule has 7 heteroatoms. The molecule has 0 aromatic heterocycles. The molecule has 0 aliphatic rings. The summed E-state index contributed by atoms with van der Waals surface area (Å²) in [6.07, 6.45) is 5.05. The van der Waals surface area contributed by atoms with Gasteiger partial charge >= 0.3 is 0 Å². The first-order chi connectivity index (χ1) is 22.0. The lowest BCUT2D eigenvalue weighted by Crippen LogP contribution is -2.56.